The smallest absolute Gasteiger partial charge is 0.277 e. The lowest BCUT2D eigenvalue weighted by atomic mass is 10.2. The lowest BCUT2D eigenvalue weighted by Gasteiger charge is -2.11. The Hall–Kier alpha value is -3.55. The number of aromatic nitrogens is 5. The van der Waals surface area contributed by atoms with Gasteiger partial charge in [0.2, 0.25) is 5.91 Å². The van der Waals surface area contributed by atoms with Crippen molar-refractivity contribution in [3.63, 3.8) is 0 Å². The summed E-state index contributed by atoms with van der Waals surface area (Å²) in [6.07, 6.45) is 0.123. The minimum atomic E-state index is -0.274. The fourth-order valence-corrected chi connectivity index (χ4v) is 2.94. The van der Waals surface area contributed by atoms with Crippen LogP contribution in [0.4, 0.5) is 0 Å². The van der Waals surface area contributed by atoms with Crippen molar-refractivity contribution in [2.24, 2.45) is 0 Å². The largest absolute Gasteiger partial charge is 0.346 e. The Labute approximate surface area is 154 Å². The maximum absolute atomic E-state index is 12.4. The topological polar surface area (TPSA) is 106 Å². The standard InChI is InChI=1S/C19H18N6O2/c1-12(18-21-15-8-4-5-9-16(15)22-18)20-17(26)10-11-25-19(27)13-6-2-3-7-14(13)23-24-25/h2-9,12H,10-11H2,1H3,(H,20,26)(H,21,22)/t12-/m1/s1. The highest BCUT2D eigenvalue weighted by Crippen LogP contribution is 2.15. The molecule has 0 spiro atoms. The molecule has 2 aromatic heterocycles. The molecule has 1 amide bonds. The molecule has 0 saturated carbocycles. The lowest BCUT2D eigenvalue weighted by Crippen LogP contribution is -2.31. The second-order valence-electron chi connectivity index (χ2n) is 6.31. The number of aryl methyl sites for hydroxylation is 1. The van der Waals surface area contributed by atoms with Crippen LogP contribution in [-0.4, -0.2) is 30.9 Å². The second-order valence-corrected chi connectivity index (χ2v) is 6.31. The first-order chi connectivity index (χ1) is 13.1. The van der Waals surface area contributed by atoms with E-state index in [-0.39, 0.29) is 30.5 Å². The van der Waals surface area contributed by atoms with Crippen LogP contribution in [0.2, 0.25) is 0 Å². The normalized spacial score (nSPS) is 12.3. The first-order valence-corrected chi connectivity index (χ1v) is 8.68. The van der Waals surface area contributed by atoms with Gasteiger partial charge in [-0.3, -0.25) is 9.59 Å². The Morgan fingerprint density at radius 2 is 1.89 bits per heavy atom. The Morgan fingerprint density at radius 1 is 1.15 bits per heavy atom. The van der Waals surface area contributed by atoms with Crippen LogP contribution in [-0.2, 0) is 11.3 Å². The molecule has 4 aromatic rings. The molecule has 8 nitrogen and oxygen atoms in total. The monoisotopic (exact) mass is 362 g/mol. The average Bonchev–Trinajstić information content (AvgIpc) is 3.12. The number of fused-ring (bicyclic) bond motifs is 2. The molecule has 0 unspecified atom stereocenters. The zero-order valence-electron chi connectivity index (χ0n) is 14.7. The van der Waals surface area contributed by atoms with Gasteiger partial charge in [0, 0.05) is 6.42 Å². The number of imidazole rings is 1. The number of para-hydroxylation sites is 2. The summed E-state index contributed by atoms with van der Waals surface area (Å²) < 4.78 is 1.22. The van der Waals surface area contributed by atoms with Gasteiger partial charge in [0.25, 0.3) is 5.56 Å². The van der Waals surface area contributed by atoms with Gasteiger partial charge in [-0.1, -0.05) is 29.5 Å². The van der Waals surface area contributed by atoms with Crippen molar-refractivity contribution in [1.82, 2.24) is 30.3 Å². The van der Waals surface area contributed by atoms with Crippen LogP contribution in [0, 0.1) is 0 Å². The first kappa shape index (κ1) is 16.9. The zero-order valence-corrected chi connectivity index (χ0v) is 14.7. The van der Waals surface area contributed by atoms with Crippen molar-refractivity contribution < 1.29 is 4.79 Å². The molecule has 2 aromatic carbocycles. The summed E-state index contributed by atoms with van der Waals surface area (Å²) in [5, 5.41) is 11.3. The summed E-state index contributed by atoms with van der Waals surface area (Å²) in [5.74, 6) is 0.497. The van der Waals surface area contributed by atoms with Gasteiger partial charge < -0.3 is 10.3 Å². The van der Waals surface area contributed by atoms with E-state index in [1.807, 2.05) is 31.2 Å². The van der Waals surface area contributed by atoms with E-state index in [0.717, 1.165) is 11.0 Å². The number of rotatable bonds is 5. The minimum Gasteiger partial charge on any atom is -0.346 e. The van der Waals surface area contributed by atoms with Crippen molar-refractivity contribution in [1.29, 1.82) is 0 Å². The highest BCUT2D eigenvalue weighted by atomic mass is 16.2. The Morgan fingerprint density at radius 3 is 2.70 bits per heavy atom. The molecule has 2 heterocycles. The third-order valence-electron chi connectivity index (χ3n) is 4.38. The van der Waals surface area contributed by atoms with Gasteiger partial charge >= 0.3 is 0 Å². The summed E-state index contributed by atoms with van der Waals surface area (Å²) in [7, 11) is 0. The van der Waals surface area contributed by atoms with E-state index in [1.165, 1.54) is 4.68 Å². The summed E-state index contributed by atoms with van der Waals surface area (Å²) >= 11 is 0. The van der Waals surface area contributed by atoms with Gasteiger partial charge in [0.1, 0.15) is 11.3 Å². The lowest BCUT2D eigenvalue weighted by molar-refractivity contribution is -0.122. The molecule has 0 aliphatic carbocycles. The van der Waals surface area contributed by atoms with Crippen LogP contribution in [0.1, 0.15) is 25.2 Å². The van der Waals surface area contributed by atoms with Crippen molar-refractivity contribution in [3.05, 3.63) is 64.7 Å². The van der Waals surface area contributed by atoms with Gasteiger partial charge in [-0.05, 0) is 31.2 Å². The Kier molecular flexibility index (Phi) is 4.37. The van der Waals surface area contributed by atoms with Gasteiger partial charge in [-0.15, -0.1) is 5.10 Å². The Bertz CT molecular complexity index is 1150. The minimum absolute atomic E-state index is 0.123. The summed E-state index contributed by atoms with van der Waals surface area (Å²) in [5.41, 5.74) is 2.07. The molecule has 0 bridgehead atoms. The molecule has 136 valence electrons. The second kappa shape index (κ2) is 6.99. The van der Waals surface area contributed by atoms with E-state index in [0.29, 0.717) is 16.7 Å². The number of aromatic amines is 1. The number of benzene rings is 2. The highest BCUT2D eigenvalue weighted by molar-refractivity contribution is 5.78. The van der Waals surface area contributed by atoms with Crippen molar-refractivity contribution in [3.8, 4) is 0 Å². The number of hydrogen-bond acceptors (Lipinski definition) is 5. The third-order valence-corrected chi connectivity index (χ3v) is 4.38. The van der Waals surface area contributed by atoms with E-state index in [4.69, 9.17) is 0 Å². The van der Waals surface area contributed by atoms with Crippen molar-refractivity contribution >= 4 is 27.8 Å². The van der Waals surface area contributed by atoms with Crippen LogP contribution in [0.25, 0.3) is 21.9 Å². The maximum Gasteiger partial charge on any atom is 0.277 e. The van der Waals surface area contributed by atoms with Crippen LogP contribution in [0.5, 0.6) is 0 Å². The third kappa shape index (κ3) is 3.41. The molecule has 2 N–H and O–H groups in total. The number of carbonyl (C=O) groups excluding carboxylic acids is 1. The molecule has 0 aliphatic heterocycles. The van der Waals surface area contributed by atoms with E-state index >= 15 is 0 Å². The number of nitrogens with one attached hydrogen (secondary N) is 2. The molecule has 0 radical (unpaired) electrons. The van der Waals surface area contributed by atoms with E-state index < -0.39 is 0 Å². The van der Waals surface area contributed by atoms with Crippen LogP contribution in [0.15, 0.2) is 53.3 Å². The van der Waals surface area contributed by atoms with E-state index in [1.54, 1.807) is 24.3 Å². The molecule has 0 fully saturated rings. The van der Waals surface area contributed by atoms with Gasteiger partial charge in [-0.2, -0.15) is 0 Å². The number of H-pyrrole nitrogens is 1. The molecular weight excluding hydrogens is 344 g/mol. The molecule has 8 heteroatoms. The van der Waals surface area contributed by atoms with Gasteiger partial charge in [-0.25, -0.2) is 9.67 Å². The molecule has 0 aliphatic rings. The summed E-state index contributed by atoms with van der Waals surface area (Å²) in [6.45, 7) is 2.02. The summed E-state index contributed by atoms with van der Waals surface area (Å²) in [6, 6.07) is 14.4. The van der Waals surface area contributed by atoms with Gasteiger partial charge in [0.15, 0.2) is 0 Å². The predicted molar refractivity (Wildman–Crippen MR) is 101 cm³/mol. The van der Waals surface area contributed by atoms with Crippen LogP contribution in [0.3, 0.4) is 0 Å². The highest BCUT2D eigenvalue weighted by Gasteiger charge is 2.14. The SMILES string of the molecule is C[C@@H](NC(=O)CCn1nnc2ccccc2c1=O)c1nc2ccccc2[nH]1. The van der Waals surface area contributed by atoms with Gasteiger partial charge in [0.05, 0.1) is 29.0 Å². The van der Waals surface area contributed by atoms with E-state index in [2.05, 4.69) is 25.6 Å². The fraction of sp³-hybridized carbons (Fsp3) is 0.211. The molecule has 27 heavy (non-hydrogen) atoms. The zero-order chi connectivity index (χ0) is 18.8. The number of carbonyl (C=O) groups is 1. The quantitative estimate of drug-likeness (QED) is 0.564. The number of amides is 1. The molecule has 4 rings (SSSR count). The molecule has 0 saturated heterocycles. The maximum atomic E-state index is 12.4. The fourth-order valence-electron chi connectivity index (χ4n) is 2.94. The van der Waals surface area contributed by atoms with Crippen LogP contribution >= 0.6 is 0 Å². The first-order valence-electron chi connectivity index (χ1n) is 8.68. The van der Waals surface area contributed by atoms with Crippen LogP contribution < -0.4 is 10.9 Å². The van der Waals surface area contributed by atoms with E-state index in [9.17, 15) is 9.59 Å². The Balaban J connectivity index is 1.42. The predicted octanol–water partition coefficient (Wildman–Crippen LogP) is 1.94. The number of hydrogen-bond donors (Lipinski definition) is 2. The molecule has 1 atom stereocenters. The average molecular weight is 362 g/mol. The summed E-state index contributed by atoms with van der Waals surface area (Å²) in [4.78, 5) is 32.4. The number of nitrogens with zero attached hydrogens (tertiary/aromatic N) is 4. The van der Waals surface area contributed by atoms with Crippen molar-refractivity contribution in [2.45, 2.75) is 25.9 Å². The molecular formula is C19H18N6O2. The van der Waals surface area contributed by atoms with Crippen molar-refractivity contribution in [2.75, 3.05) is 0 Å².